The second-order valence-electron chi connectivity index (χ2n) is 8.47. The van der Waals surface area contributed by atoms with Gasteiger partial charge >= 0.3 is 0 Å². The van der Waals surface area contributed by atoms with Crippen molar-refractivity contribution in [2.45, 2.75) is 44.7 Å². The van der Waals surface area contributed by atoms with E-state index < -0.39 is 0 Å². The van der Waals surface area contributed by atoms with E-state index in [2.05, 4.69) is 31.9 Å². The quantitative estimate of drug-likeness (QED) is 0.269. The number of hydrogen-bond donors (Lipinski definition) is 1. The van der Waals surface area contributed by atoms with Crippen LogP contribution >= 0.6 is 24.0 Å². The predicted octanol–water partition coefficient (Wildman–Crippen LogP) is 0.919. The summed E-state index contributed by atoms with van der Waals surface area (Å²) < 4.78 is 5.25. The molecule has 0 radical (unpaired) electrons. The van der Waals surface area contributed by atoms with Gasteiger partial charge in [0.2, 0.25) is 5.91 Å². The third-order valence-electron chi connectivity index (χ3n) is 6.48. The van der Waals surface area contributed by atoms with Crippen molar-refractivity contribution >= 4 is 35.8 Å². The number of guanidine groups is 1. The average molecular weight is 537 g/mol. The fraction of sp³-hybridized carbons (Fsp3) is 0.905. The molecule has 0 aromatic heterocycles. The molecule has 2 saturated heterocycles. The number of piperazine rings is 1. The van der Waals surface area contributed by atoms with E-state index in [1.807, 2.05) is 11.9 Å². The molecule has 3 aliphatic rings. The summed E-state index contributed by atoms with van der Waals surface area (Å²) in [4.78, 5) is 26.4. The first-order chi connectivity index (χ1) is 14.1. The van der Waals surface area contributed by atoms with Crippen molar-refractivity contribution in [2.24, 2.45) is 4.99 Å². The summed E-state index contributed by atoms with van der Waals surface area (Å²) in [6.07, 6.45) is 4.93. The molecule has 1 N–H and O–H groups in total. The molecule has 0 aromatic carbocycles. The molecule has 0 bridgehead atoms. The van der Waals surface area contributed by atoms with Crippen molar-refractivity contribution in [1.29, 1.82) is 0 Å². The van der Waals surface area contributed by atoms with E-state index in [0.717, 1.165) is 90.4 Å². The zero-order valence-corrected chi connectivity index (χ0v) is 21.3. The lowest BCUT2D eigenvalue weighted by molar-refractivity contribution is -0.135. The molecule has 1 amide bonds. The summed E-state index contributed by atoms with van der Waals surface area (Å²) in [6, 6.07) is 0.727. The van der Waals surface area contributed by atoms with E-state index >= 15 is 0 Å². The maximum absolute atomic E-state index is 12.7. The van der Waals surface area contributed by atoms with E-state index in [4.69, 9.17) is 4.74 Å². The van der Waals surface area contributed by atoms with Crippen molar-refractivity contribution in [3.05, 3.63) is 0 Å². The minimum atomic E-state index is -0.0156. The molecular weight excluding hydrogens is 495 g/mol. The molecule has 1 aliphatic carbocycles. The van der Waals surface area contributed by atoms with Crippen LogP contribution in [0.15, 0.2) is 4.99 Å². The highest BCUT2D eigenvalue weighted by atomic mass is 127. The molecule has 1 atom stereocenters. The molecule has 3 fully saturated rings. The Bertz CT molecular complexity index is 546. The number of carbonyl (C=O) groups excluding carboxylic acids is 1. The Morgan fingerprint density at radius 3 is 2.33 bits per heavy atom. The maximum Gasteiger partial charge on any atom is 0.239 e. The van der Waals surface area contributed by atoms with Crippen LogP contribution in [0.25, 0.3) is 0 Å². The fourth-order valence-electron chi connectivity index (χ4n) is 4.45. The lowest BCUT2D eigenvalue weighted by Gasteiger charge is -2.39. The number of rotatable bonds is 9. The molecule has 3 rings (SSSR count). The van der Waals surface area contributed by atoms with Crippen LogP contribution in [0, 0.1) is 0 Å². The fourth-order valence-corrected chi connectivity index (χ4v) is 4.45. The van der Waals surface area contributed by atoms with E-state index in [1.165, 1.54) is 12.8 Å². The normalized spacial score (nSPS) is 21.7. The largest absolute Gasteiger partial charge is 0.383 e. The van der Waals surface area contributed by atoms with Crippen LogP contribution in [0.2, 0.25) is 0 Å². The molecule has 2 aliphatic heterocycles. The zero-order chi connectivity index (χ0) is 20.6. The molecule has 1 unspecified atom stereocenters. The van der Waals surface area contributed by atoms with Gasteiger partial charge in [0.25, 0.3) is 0 Å². The van der Waals surface area contributed by atoms with Crippen LogP contribution in [0.1, 0.15) is 32.6 Å². The number of hydrogen-bond acceptors (Lipinski definition) is 5. The Balaban J connectivity index is 0.00000320. The van der Waals surface area contributed by atoms with Crippen molar-refractivity contribution in [3.8, 4) is 0 Å². The van der Waals surface area contributed by atoms with Gasteiger partial charge in [-0.3, -0.25) is 19.6 Å². The van der Waals surface area contributed by atoms with E-state index in [1.54, 1.807) is 7.11 Å². The van der Waals surface area contributed by atoms with Crippen LogP contribution in [-0.4, -0.2) is 123 Å². The second kappa shape index (κ2) is 13.0. The highest BCUT2D eigenvalue weighted by molar-refractivity contribution is 14.0. The minimum Gasteiger partial charge on any atom is -0.383 e. The average Bonchev–Trinajstić information content (AvgIpc) is 3.45. The first-order valence-corrected chi connectivity index (χ1v) is 11.4. The summed E-state index contributed by atoms with van der Waals surface area (Å²) in [6.45, 7) is 11.3. The van der Waals surface area contributed by atoms with Gasteiger partial charge in [0.1, 0.15) is 0 Å². The summed E-state index contributed by atoms with van der Waals surface area (Å²) in [5, 5.41) is 3.54. The smallest absolute Gasteiger partial charge is 0.239 e. The third kappa shape index (κ3) is 7.20. The number of methoxy groups -OCH3 is 1. The molecule has 8 nitrogen and oxygen atoms in total. The lowest BCUT2D eigenvalue weighted by Crippen LogP contribution is -2.57. The number of nitrogens with one attached hydrogen (secondary N) is 1. The maximum atomic E-state index is 12.7. The number of aliphatic imine (C=N–C) groups is 1. The number of halogens is 1. The lowest BCUT2D eigenvalue weighted by atomic mass is 10.2. The monoisotopic (exact) mass is 536 g/mol. The molecule has 0 aromatic rings. The van der Waals surface area contributed by atoms with Gasteiger partial charge in [0.05, 0.1) is 12.6 Å². The van der Waals surface area contributed by atoms with Gasteiger partial charge in [-0.15, -0.1) is 24.0 Å². The number of carbonyl (C=O) groups is 1. The highest BCUT2D eigenvalue weighted by Gasteiger charge is 2.31. The topological polar surface area (TPSA) is 63.7 Å². The van der Waals surface area contributed by atoms with Gasteiger partial charge in [0.15, 0.2) is 5.96 Å². The molecule has 2 heterocycles. The van der Waals surface area contributed by atoms with Crippen molar-refractivity contribution in [2.75, 3.05) is 79.7 Å². The molecule has 0 spiro atoms. The standard InChI is InChI=1S/C21H40N6O2.HI/c1-18(20(28)26-9-4-5-10-26)24-12-14-27(15-13-24)21(22-2)23-8-11-25(16-17-29-3)19-6-7-19;/h18-19H,4-17H2,1-3H3,(H,22,23);1H. The van der Waals surface area contributed by atoms with Crippen LogP contribution in [0.4, 0.5) is 0 Å². The molecular formula is C21H41IN6O2. The van der Waals surface area contributed by atoms with E-state index in [0.29, 0.717) is 5.91 Å². The first kappa shape index (κ1) is 25.6. The Morgan fingerprint density at radius 2 is 1.77 bits per heavy atom. The Hall–Kier alpha value is -0.650. The van der Waals surface area contributed by atoms with Crippen molar-refractivity contribution in [1.82, 2.24) is 24.9 Å². The Kier molecular flexibility index (Phi) is 11.1. The van der Waals surface area contributed by atoms with E-state index in [9.17, 15) is 4.79 Å². The van der Waals surface area contributed by atoms with Crippen LogP contribution in [0.3, 0.4) is 0 Å². The summed E-state index contributed by atoms with van der Waals surface area (Å²) >= 11 is 0. The second-order valence-corrected chi connectivity index (χ2v) is 8.47. The zero-order valence-electron chi connectivity index (χ0n) is 19.0. The van der Waals surface area contributed by atoms with Gasteiger partial charge in [-0.1, -0.05) is 0 Å². The Labute approximate surface area is 199 Å². The van der Waals surface area contributed by atoms with Gasteiger partial charge in [-0.05, 0) is 32.6 Å². The SMILES string of the molecule is CN=C(NCCN(CCOC)C1CC1)N1CCN(C(C)C(=O)N2CCCC2)CC1.I. The third-order valence-corrected chi connectivity index (χ3v) is 6.48. The van der Waals surface area contributed by atoms with Crippen molar-refractivity contribution in [3.63, 3.8) is 0 Å². The van der Waals surface area contributed by atoms with Gasteiger partial charge in [-0.2, -0.15) is 0 Å². The molecule has 30 heavy (non-hydrogen) atoms. The number of ether oxygens (including phenoxy) is 1. The number of amides is 1. The molecule has 9 heteroatoms. The number of nitrogens with zero attached hydrogens (tertiary/aromatic N) is 5. The summed E-state index contributed by atoms with van der Waals surface area (Å²) in [7, 11) is 3.63. The Morgan fingerprint density at radius 1 is 1.10 bits per heavy atom. The molecule has 174 valence electrons. The highest BCUT2D eigenvalue weighted by Crippen LogP contribution is 2.26. The van der Waals surface area contributed by atoms with Crippen molar-refractivity contribution < 1.29 is 9.53 Å². The summed E-state index contributed by atoms with van der Waals surface area (Å²) in [5.74, 6) is 1.28. The van der Waals surface area contributed by atoms with Crippen LogP contribution in [-0.2, 0) is 9.53 Å². The first-order valence-electron chi connectivity index (χ1n) is 11.4. The van der Waals surface area contributed by atoms with Gasteiger partial charge < -0.3 is 19.9 Å². The molecule has 1 saturated carbocycles. The van der Waals surface area contributed by atoms with Gasteiger partial charge in [0, 0.05) is 79.1 Å². The predicted molar refractivity (Wildman–Crippen MR) is 132 cm³/mol. The number of likely N-dealkylation sites (tertiary alicyclic amines) is 1. The summed E-state index contributed by atoms with van der Waals surface area (Å²) in [5.41, 5.74) is 0. The van der Waals surface area contributed by atoms with Crippen LogP contribution < -0.4 is 5.32 Å². The van der Waals surface area contributed by atoms with E-state index in [-0.39, 0.29) is 30.0 Å². The van der Waals surface area contributed by atoms with Gasteiger partial charge in [-0.25, -0.2) is 0 Å². The van der Waals surface area contributed by atoms with Crippen LogP contribution in [0.5, 0.6) is 0 Å². The minimum absolute atomic E-state index is 0.